The fraction of sp³-hybridized carbons (Fsp3) is 0.625. The second kappa shape index (κ2) is 6.45. The molecule has 2 unspecified atom stereocenters. The van der Waals surface area contributed by atoms with Crippen molar-refractivity contribution >= 4 is 21.6 Å². The van der Waals surface area contributed by atoms with E-state index in [9.17, 15) is 4.79 Å². The molecule has 1 amide bonds. The van der Waals surface area contributed by atoms with Crippen molar-refractivity contribution in [2.24, 2.45) is 5.92 Å². The Bertz CT molecular complexity index is 548. The minimum Gasteiger partial charge on any atom is -0.343 e. The number of hydrogen-bond donors (Lipinski definition) is 0. The van der Waals surface area contributed by atoms with Gasteiger partial charge in [0.1, 0.15) is 5.69 Å². The number of nitrogens with zero attached hydrogens (tertiary/aromatic N) is 3. The van der Waals surface area contributed by atoms with Crippen LogP contribution in [0.4, 0.5) is 0 Å². The highest BCUT2D eigenvalue weighted by Crippen LogP contribution is 2.31. The molecule has 0 bridgehead atoms. The fourth-order valence-corrected chi connectivity index (χ4v) is 3.11. The summed E-state index contributed by atoms with van der Waals surface area (Å²) in [6.07, 6.45) is 2.13. The van der Waals surface area contributed by atoms with Crippen molar-refractivity contribution in [2.75, 3.05) is 20.6 Å². The monoisotopic (exact) mass is 295 g/mol. The van der Waals surface area contributed by atoms with E-state index in [1.807, 2.05) is 0 Å². The lowest BCUT2D eigenvalue weighted by atomic mass is 9.57. The second-order valence-corrected chi connectivity index (χ2v) is 6.60. The zero-order valence-corrected chi connectivity index (χ0v) is 13.9. The zero-order valence-electron chi connectivity index (χ0n) is 13.9. The van der Waals surface area contributed by atoms with Crippen LogP contribution < -0.4 is 0 Å². The number of aromatic nitrogens is 1. The van der Waals surface area contributed by atoms with Gasteiger partial charge < -0.3 is 9.80 Å². The maximum atomic E-state index is 12.1. The molecule has 22 heavy (non-hydrogen) atoms. The highest BCUT2D eigenvalue weighted by molar-refractivity contribution is 6.39. The smallest absolute Gasteiger partial charge is 0.271 e. The molecule has 2 atom stereocenters. The number of amides is 1. The highest BCUT2D eigenvalue weighted by atomic mass is 16.2. The second-order valence-electron chi connectivity index (χ2n) is 6.60. The van der Waals surface area contributed by atoms with Crippen LogP contribution in [0.25, 0.3) is 0 Å². The van der Waals surface area contributed by atoms with E-state index in [1.54, 1.807) is 32.3 Å². The van der Waals surface area contributed by atoms with Gasteiger partial charge in [0.05, 0.1) is 15.7 Å². The third-order valence-electron chi connectivity index (χ3n) is 4.40. The Morgan fingerprint density at radius 2 is 2.05 bits per heavy atom. The van der Waals surface area contributed by atoms with Crippen molar-refractivity contribution in [3.05, 3.63) is 29.6 Å². The van der Waals surface area contributed by atoms with Gasteiger partial charge in [-0.2, -0.15) is 0 Å². The van der Waals surface area contributed by atoms with Crippen molar-refractivity contribution in [3.63, 3.8) is 0 Å². The summed E-state index contributed by atoms with van der Waals surface area (Å²) in [5.74, 6) is 0.523. The van der Waals surface area contributed by atoms with Crippen LogP contribution in [0.1, 0.15) is 42.9 Å². The molecule has 1 aliphatic heterocycles. The van der Waals surface area contributed by atoms with Crippen LogP contribution in [-0.4, -0.2) is 63.1 Å². The van der Waals surface area contributed by atoms with E-state index in [0.717, 1.165) is 19.4 Å². The van der Waals surface area contributed by atoms with Gasteiger partial charge in [-0.1, -0.05) is 13.0 Å². The van der Waals surface area contributed by atoms with Crippen LogP contribution in [0.2, 0.25) is 0 Å². The van der Waals surface area contributed by atoms with E-state index in [4.69, 9.17) is 15.7 Å². The molecule has 1 aliphatic rings. The molecule has 2 rings (SSSR count). The van der Waals surface area contributed by atoms with Crippen LogP contribution in [0.3, 0.4) is 0 Å². The van der Waals surface area contributed by atoms with Gasteiger partial charge >= 0.3 is 0 Å². The number of rotatable bonds is 3. The molecule has 1 fully saturated rings. The first-order valence-electron chi connectivity index (χ1n) is 7.77. The molecule has 4 nitrogen and oxygen atoms in total. The Labute approximate surface area is 136 Å². The Balaban J connectivity index is 2.29. The fourth-order valence-electron chi connectivity index (χ4n) is 3.11. The summed E-state index contributed by atoms with van der Waals surface area (Å²) in [4.78, 5) is 20.1. The van der Waals surface area contributed by atoms with Gasteiger partial charge in [0, 0.05) is 25.8 Å². The SMILES string of the molecule is [B]C([B])(c1cccc(C(=O)N(C)C)n1)N1CCC(C)CC1C. The van der Waals surface area contributed by atoms with Gasteiger partial charge in [0.25, 0.3) is 5.91 Å². The standard InChI is InChI=1S/C16H23B2N3O/c1-11-8-9-21(12(2)10-11)16(17,18)14-7-5-6-13(19-14)15(22)20(3)4/h5-7,11-12H,8-10H2,1-4H3. The van der Waals surface area contributed by atoms with Gasteiger partial charge in [0.15, 0.2) is 0 Å². The highest BCUT2D eigenvalue weighted by Gasteiger charge is 2.35. The molecule has 114 valence electrons. The molecule has 6 heteroatoms. The molecule has 1 aromatic heterocycles. The van der Waals surface area contributed by atoms with Crippen LogP contribution in [0.15, 0.2) is 18.2 Å². The molecule has 4 radical (unpaired) electrons. The van der Waals surface area contributed by atoms with E-state index in [0.29, 0.717) is 17.3 Å². The normalized spacial score (nSPS) is 23.3. The number of carbonyl (C=O) groups is 1. The molecule has 0 aliphatic carbocycles. The Morgan fingerprint density at radius 3 is 2.64 bits per heavy atom. The average molecular weight is 295 g/mol. The molecular weight excluding hydrogens is 272 g/mol. The predicted octanol–water partition coefficient (Wildman–Crippen LogP) is 1.35. The summed E-state index contributed by atoms with van der Waals surface area (Å²) in [6, 6.07) is 5.54. The van der Waals surface area contributed by atoms with Crippen molar-refractivity contribution in [1.82, 2.24) is 14.8 Å². The molecule has 0 saturated carbocycles. The molecule has 0 aromatic carbocycles. The Hall–Kier alpha value is -1.29. The number of piperidine rings is 1. The van der Waals surface area contributed by atoms with Crippen molar-refractivity contribution < 1.29 is 4.79 Å². The topological polar surface area (TPSA) is 36.4 Å². The van der Waals surface area contributed by atoms with Crippen molar-refractivity contribution in [3.8, 4) is 0 Å². The third-order valence-corrected chi connectivity index (χ3v) is 4.40. The first-order chi connectivity index (χ1) is 10.2. The summed E-state index contributed by atoms with van der Waals surface area (Å²) >= 11 is 0. The molecule has 1 aromatic rings. The molecule has 0 N–H and O–H groups in total. The van der Waals surface area contributed by atoms with E-state index < -0.39 is 5.34 Å². The molecular formula is C16H23B2N3O. The zero-order chi connectivity index (χ0) is 16.5. The number of hydrogen-bond acceptors (Lipinski definition) is 3. The largest absolute Gasteiger partial charge is 0.343 e. The Kier molecular flexibility index (Phi) is 5.00. The summed E-state index contributed by atoms with van der Waals surface area (Å²) in [7, 11) is 16.2. The molecule has 2 heterocycles. The average Bonchev–Trinajstić information content (AvgIpc) is 2.46. The quantitative estimate of drug-likeness (QED) is 0.790. The minimum atomic E-state index is -1.16. The van der Waals surface area contributed by atoms with Crippen LogP contribution in [0.5, 0.6) is 0 Å². The minimum absolute atomic E-state index is 0.155. The van der Waals surface area contributed by atoms with Crippen LogP contribution in [0, 0.1) is 5.92 Å². The van der Waals surface area contributed by atoms with E-state index in [2.05, 4.69) is 23.7 Å². The van der Waals surface area contributed by atoms with Gasteiger partial charge in [-0.05, 0) is 49.7 Å². The number of pyridine rings is 1. The summed E-state index contributed by atoms with van der Waals surface area (Å²) in [6.45, 7) is 5.22. The van der Waals surface area contributed by atoms with Gasteiger partial charge in [-0.3, -0.25) is 4.79 Å². The van der Waals surface area contributed by atoms with Crippen LogP contribution >= 0.6 is 0 Å². The summed E-state index contributed by atoms with van der Waals surface area (Å²) in [5, 5.41) is -1.16. The predicted molar refractivity (Wildman–Crippen MR) is 90.0 cm³/mol. The molecule has 0 spiro atoms. The van der Waals surface area contributed by atoms with Crippen molar-refractivity contribution in [1.29, 1.82) is 0 Å². The summed E-state index contributed by atoms with van der Waals surface area (Å²) < 4.78 is 0. The first kappa shape index (κ1) is 17.1. The van der Waals surface area contributed by atoms with Gasteiger partial charge in [-0.15, -0.1) is 0 Å². The maximum absolute atomic E-state index is 12.1. The molecule has 1 saturated heterocycles. The number of carbonyl (C=O) groups excluding carboxylic acids is 1. The summed E-state index contributed by atoms with van der Waals surface area (Å²) in [5.41, 5.74) is 0.891. The van der Waals surface area contributed by atoms with Gasteiger partial charge in [0.2, 0.25) is 0 Å². The number of likely N-dealkylation sites (tertiary alicyclic amines) is 1. The Morgan fingerprint density at radius 1 is 1.36 bits per heavy atom. The third kappa shape index (κ3) is 3.37. The van der Waals surface area contributed by atoms with E-state index in [1.165, 1.54) is 4.90 Å². The first-order valence-corrected chi connectivity index (χ1v) is 7.77. The lowest BCUT2D eigenvalue weighted by Gasteiger charge is -2.47. The maximum Gasteiger partial charge on any atom is 0.271 e. The van der Waals surface area contributed by atoms with E-state index in [-0.39, 0.29) is 11.9 Å². The van der Waals surface area contributed by atoms with Crippen LogP contribution in [-0.2, 0) is 5.34 Å². The van der Waals surface area contributed by atoms with Crippen molar-refractivity contribution in [2.45, 2.75) is 38.1 Å². The van der Waals surface area contributed by atoms with E-state index >= 15 is 0 Å². The van der Waals surface area contributed by atoms with Gasteiger partial charge in [-0.25, -0.2) is 4.98 Å². The lowest BCUT2D eigenvalue weighted by Crippen LogP contribution is -2.55. The lowest BCUT2D eigenvalue weighted by molar-refractivity contribution is 0.0817.